The number of unbranched alkanes of at least 4 members (excludes halogenated alkanes) is 2. The maximum absolute atomic E-state index is 10.3. The molecule has 0 saturated carbocycles. The van der Waals surface area contributed by atoms with Crippen LogP contribution in [0.2, 0.25) is 0 Å². The molecule has 2 nitrogen and oxygen atoms in total. The van der Waals surface area contributed by atoms with Crippen LogP contribution >= 0.6 is 0 Å². The van der Waals surface area contributed by atoms with Crippen molar-refractivity contribution in [3.05, 3.63) is 12.2 Å². The molecule has 0 spiro atoms. The van der Waals surface area contributed by atoms with E-state index in [9.17, 15) is 4.79 Å². The predicted octanol–water partition coefficient (Wildman–Crippen LogP) is 2.84. The Morgan fingerprint density at radius 3 is 2.75 bits per heavy atom. The summed E-state index contributed by atoms with van der Waals surface area (Å²) < 4.78 is 0. The molecule has 0 aliphatic heterocycles. The molecule has 1 N–H and O–H groups in total. The molecule has 0 heterocycles. The quantitative estimate of drug-likeness (QED) is 0.491. The molecule has 0 rings (SSSR count). The van der Waals surface area contributed by atoms with Gasteiger partial charge in [0, 0.05) is 0 Å². The van der Waals surface area contributed by atoms with E-state index in [1.54, 1.807) is 0 Å². The summed E-state index contributed by atoms with van der Waals surface area (Å²) in [6.45, 7) is 4.07. The topological polar surface area (TPSA) is 37.3 Å². The fourth-order valence-corrected chi connectivity index (χ4v) is 0.994. The van der Waals surface area contributed by atoms with Crippen molar-refractivity contribution in [3.63, 3.8) is 0 Å². The molecule has 0 aliphatic rings. The Balaban J connectivity index is 3.46. The van der Waals surface area contributed by atoms with Gasteiger partial charge in [-0.15, -0.1) is 0 Å². The van der Waals surface area contributed by atoms with Gasteiger partial charge in [0.1, 0.15) is 0 Å². The van der Waals surface area contributed by atoms with Crippen LogP contribution in [-0.4, -0.2) is 11.1 Å². The van der Waals surface area contributed by atoms with Crippen LogP contribution in [0.1, 0.15) is 39.5 Å². The summed E-state index contributed by atoms with van der Waals surface area (Å²) in [5.41, 5.74) is 0. The van der Waals surface area contributed by atoms with Gasteiger partial charge in [0.05, 0.1) is 6.42 Å². The van der Waals surface area contributed by atoms with Gasteiger partial charge < -0.3 is 5.11 Å². The largest absolute Gasteiger partial charge is 0.481 e. The summed E-state index contributed by atoms with van der Waals surface area (Å²) >= 11 is 0. The van der Waals surface area contributed by atoms with Crippen LogP contribution in [0, 0.1) is 5.92 Å². The van der Waals surface area contributed by atoms with Gasteiger partial charge in [-0.3, -0.25) is 4.79 Å². The van der Waals surface area contributed by atoms with Gasteiger partial charge in [-0.2, -0.15) is 0 Å². The van der Waals surface area contributed by atoms with Gasteiger partial charge in [-0.1, -0.05) is 38.8 Å². The van der Waals surface area contributed by atoms with Crippen molar-refractivity contribution >= 4 is 5.97 Å². The first-order chi connectivity index (χ1) is 5.66. The van der Waals surface area contributed by atoms with Crippen LogP contribution in [0.15, 0.2) is 12.2 Å². The number of rotatable bonds is 6. The number of hydrogen-bond donors (Lipinski definition) is 1. The first kappa shape index (κ1) is 11.2. The lowest BCUT2D eigenvalue weighted by Gasteiger charge is -1.99. The van der Waals surface area contributed by atoms with Crippen LogP contribution in [0.25, 0.3) is 0 Å². The Morgan fingerprint density at radius 2 is 2.25 bits per heavy atom. The zero-order chi connectivity index (χ0) is 9.40. The van der Waals surface area contributed by atoms with Crippen molar-refractivity contribution in [2.24, 2.45) is 5.92 Å². The molecular weight excluding hydrogens is 152 g/mol. The number of allylic oxidation sites excluding steroid dienone is 2. The van der Waals surface area contributed by atoms with Crippen molar-refractivity contribution < 1.29 is 9.90 Å². The number of hydrogen-bond acceptors (Lipinski definition) is 1. The van der Waals surface area contributed by atoms with Crippen molar-refractivity contribution in [2.75, 3.05) is 0 Å². The molecule has 0 aliphatic carbocycles. The lowest BCUT2D eigenvalue weighted by molar-refractivity contribution is -0.137. The number of carboxylic acid groups (broad SMARTS) is 1. The first-order valence-corrected chi connectivity index (χ1v) is 4.55. The third kappa shape index (κ3) is 7.32. The Bertz CT molecular complexity index is 150. The minimum atomic E-state index is -0.720. The third-order valence-corrected chi connectivity index (χ3v) is 1.69. The summed E-state index contributed by atoms with van der Waals surface area (Å²) in [4.78, 5) is 10.3. The molecule has 0 saturated heterocycles. The zero-order valence-corrected chi connectivity index (χ0v) is 7.92. The maximum atomic E-state index is 10.3. The molecule has 70 valence electrons. The van der Waals surface area contributed by atoms with E-state index in [0.29, 0.717) is 0 Å². The Labute approximate surface area is 74.3 Å². The highest BCUT2D eigenvalue weighted by Gasteiger charge is 2.02. The maximum Gasteiger partial charge on any atom is 0.303 e. The lowest BCUT2D eigenvalue weighted by Crippen LogP contribution is -2.00. The molecule has 0 amide bonds. The van der Waals surface area contributed by atoms with E-state index < -0.39 is 5.97 Å². The normalized spacial score (nSPS) is 13.5. The SMILES string of the molecule is CCCCC=CC(C)CC(=O)O. The predicted molar refractivity (Wildman–Crippen MR) is 50.1 cm³/mol. The molecule has 0 fully saturated rings. The lowest BCUT2D eigenvalue weighted by atomic mass is 10.1. The number of carboxylic acids is 1. The second-order valence-corrected chi connectivity index (χ2v) is 3.15. The molecule has 0 aromatic heterocycles. The standard InChI is InChI=1S/C10H18O2/c1-3-4-5-6-7-9(2)8-10(11)12/h6-7,9H,3-5,8H2,1-2H3,(H,11,12). The highest BCUT2D eigenvalue weighted by Crippen LogP contribution is 2.05. The molecule has 2 heteroatoms. The van der Waals surface area contributed by atoms with Crippen molar-refractivity contribution in [1.82, 2.24) is 0 Å². The highest BCUT2D eigenvalue weighted by atomic mass is 16.4. The average molecular weight is 170 g/mol. The molecule has 0 aromatic carbocycles. The summed E-state index contributed by atoms with van der Waals surface area (Å²) in [6, 6.07) is 0. The molecule has 0 radical (unpaired) electrons. The van der Waals surface area contributed by atoms with Crippen LogP contribution < -0.4 is 0 Å². The van der Waals surface area contributed by atoms with Crippen molar-refractivity contribution in [1.29, 1.82) is 0 Å². The molecule has 12 heavy (non-hydrogen) atoms. The summed E-state index contributed by atoms with van der Waals surface area (Å²) in [5.74, 6) is -0.554. The van der Waals surface area contributed by atoms with Crippen LogP contribution in [0.5, 0.6) is 0 Å². The molecule has 0 aromatic rings. The van der Waals surface area contributed by atoms with E-state index in [0.717, 1.165) is 6.42 Å². The first-order valence-electron chi connectivity index (χ1n) is 4.55. The van der Waals surface area contributed by atoms with Crippen molar-refractivity contribution in [2.45, 2.75) is 39.5 Å². The monoisotopic (exact) mass is 170 g/mol. The van der Waals surface area contributed by atoms with Gasteiger partial charge in [0.25, 0.3) is 0 Å². The van der Waals surface area contributed by atoms with Gasteiger partial charge in [-0.05, 0) is 12.3 Å². The Hall–Kier alpha value is -0.790. The van der Waals surface area contributed by atoms with Crippen LogP contribution in [0.3, 0.4) is 0 Å². The highest BCUT2D eigenvalue weighted by molar-refractivity contribution is 5.67. The summed E-state index contributed by atoms with van der Waals surface area (Å²) in [5, 5.41) is 8.45. The third-order valence-electron chi connectivity index (χ3n) is 1.69. The van der Waals surface area contributed by atoms with Gasteiger partial charge >= 0.3 is 5.97 Å². The second kappa shape index (κ2) is 6.89. The summed E-state index contributed by atoms with van der Waals surface area (Å²) in [6.07, 6.45) is 7.76. The van der Waals surface area contributed by atoms with E-state index in [1.807, 2.05) is 13.0 Å². The zero-order valence-electron chi connectivity index (χ0n) is 7.92. The second-order valence-electron chi connectivity index (χ2n) is 3.15. The fourth-order valence-electron chi connectivity index (χ4n) is 0.994. The van der Waals surface area contributed by atoms with Gasteiger partial charge in [-0.25, -0.2) is 0 Å². The van der Waals surface area contributed by atoms with Crippen LogP contribution in [-0.2, 0) is 4.79 Å². The van der Waals surface area contributed by atoms with Gasteiger partial charge in [0.2, 0.25) is 0 Å². The van der Waals surface area contributed by atoms with Gasteiger partial charge in [0.15, 0.2) is 0 Å². The number of carbonyl (C=O) groups is 1. The van der Waals surface area contributed by atoms with E-state index >= 15 is 0 Å². The Morgan fingerprint density at radius 1 is 1.58 bits per heavy atom. The summed E-state index contributed by atoms with van der Waals surface area (Å²) in [7, 11) is 0. The number of aliphatic carboxylic acids is 1. The molecule has 0 bridgehead atoms. The van der Waals surface area contributed by atoms with E-state index in [-0.39, 0.29) is 12.3 Å². The van der Waals surface area contributed by atoms with E-state index in [2.05, 4.69) is 13.0 Å². The van der Waals surface area contributed by atoms with E-state index in [4.69, 9.17) is 5.11 Å². The van der Waals surface area contributed by atoms with E-state index in [1.165, 1.54) is 12.8 Å². The smallest absolute Gasteiger partial charge is 0.303 e. The molecule has 1 atom stereocenters. The minimum absolute atomic E-state index is 0.166. The van der Waals surface area contributed by atoms with Crippen molar-refractivity contribution in [3.8, 4) is 0 Å². The van der Waals surface area contributed by atoms with Crippen LogP contribution in [0.4, 0.5) is 0 Å². The minimum Gasteiger partial charge on any atom is -0.481 e. The molecule has 1 unspecified atom stereocenters. The Kier molecular flexibility index (Phi) is 6.44. The molecular formula is C10H18O2. The fraction of sp³-hybridized carbons (Fsp3) is 0.700. The average Bonchev–Trinajstić information content (AvgIpc) is 1.97.